The van der Waals surface area contributed by atoms with Crippen LogP contribution in [0.1, 0.15) is 51.9 Å². The van der Waals surface area contributed by atoms with E-state index in [2.05, 4.69) is 6.92 Å². The van der Waals surface area contributed by atoms with E-state index in [1.165, 1.54) is 19.3 Å². The summed E-state index contributed by atoms with van der Waals surface area (Å²) in [6.45, 7) is 3.88. The Morgan fingerprint density at radius 2 is 1.71 bits per heavy atom. The molecule has 0 aromatic carbocycles. The molecule has 2 rings (SSSR count). The van der Waals surface area contributed by atoms with Crippen LogP contribution >= 0.6 is 0 Å². The molecule has 100 valence electrons. The van der Waals surface area contributed by atoms with Gasteiger partial charge in [-0.2, -0.15) is 0 Å². The van der Waals surface area contributed by atoms with Gasteiger partial charge in [0.25, 0.3) is 0 Å². The van der Waals surface area contributed by atoms with E-state index >= 15 is 0 Å². The minimum absolute atomic E-state index is 0.0552. The van der Waals surface area contributed by atoms with E-state index < -0.39 is 6.17 Å². The average Bonchev–Trinajstić information content (AvgIpc) is 2.38. The van der Waals surface area contributed by atoms with E-state index in [4.69, 9.17) is 9.47 Å². The largest absolute Gasteiger partial charge is 0.352 e. The van der Waals surface area contributed by atoms with Crippen LogP contribution in [0.15, 0.2) is 0 Å². The second-order valence-electron chi connectivity index (χ2n) is 5.56. The third-order valence-electron chi connectivity index (χ3n) is 4.04. The molecule has 0 spiro atoms. The predicted octanol–water partition coefficient (Wildman–Crippen LogP) is 3.69. The van der Waals surface area contributed by atoms with Gasteiger partial charge in [-0.05, 0) is 32.1 Å². The lowest BCUT2D eigenvalue weighted by molar-refractivity contribution is -0.230. The fourth-order valence-electron chi connectivity index (χ4n) is 2.84. The molecule has 2 aliphatic rings. The first-order valence-corrected chi connectivity index (χ1v) is 7.17. The molecule has 1 heterocycles. The van der Waals surface area contributed by atoms with Crippen molar-refractivity contribution in [3.8, 4) is 0 Å². The highest BCUT2D eigenvalue weighted by Gasteiger charge is 2.32. The Morgan fingerprint density at radius 1 is 1.06 bits per heavy atom. The van der Waals surface area contributed by atoms with Crippen LogP contribution in [0.2, 0.25) is 0 Å². The molecule has 0 aromatic heterocycles. The zero-order chi connectivity index (χ0) is 12.1. The van der Waals surface area contributed by atoms with Crippen molar-refractivity contribution in [1.82, 2.24) is 0 Å². The summed E-state index contributed by atoms with van der Waals surface area (Å²) in [5.74, 6) is 0.998. The Labute approximate surface area is 104 Å². The first-order valence-electron chi connectivity index (χ1n) is 7.17. The van der Waals surface area contributed by atoms with Crippen LogP contribution in [0.25, 0.3) is 0 Å². The van der Waals surface area contributed by atoms with Crippen LogP contribution in [0.3, 0.4) is 0 Å². The number of unbranched alkanes of at least 4 members (excludes halogenated alkanes) is 1. The van der Waals surface area contributed by atoms with Crippen molar-refractivity contribution in [2.75, 3.05) is 13.2 Å². The molecule has 1 aliphatic carbocycles. The molecule has 0 N–H and O–H groups in total. The lowest BCUT2D eigenvalue weighted by Gasteiger charge is -2.36. The summed E-state index contributed by atoms with van der Waals surface area (Å²) in [5, 5.41) is 0. The van der Waals surface area contributed by atoms with Crippen LogP contribution in [-0.4, -0.2) is 25.7 Å². The van der Waals surface area contributed by atoms with Crippen molar-refractivity contribution < 1.29 is 13.9 Å². The van der Waals surface area contributed by atoms with Crippen molar-refractivity contribution in [2.45, 2.75) is 64.3 Å². The van der Waals surface area contributed by atoms with Gasteiger partial charge in [-0.15, -0.1) is 0 Å². The Hall–Kier alpha value is -0.150. The van der Waals surface area contributed by atoms with Gasteiger partial charge in [-0.1, -0.05) is 19.8 Å². The number of hydrogen-bond acceptors (Lipinski definition) is 2. The molecule has 1 saturated heterocycles. The highest BCUT2D eigenvalue weighted by molar-refractivity contribution is 4.76. The van der Waals surface area contributed by atoms with E-state index in [-0.39, 0.29) is 6.29 Å². The van der Waals surface area contributed by atoms with E-state index in [0.717, 1.165) is 26.1 Å². The first kappa shape index (κ1) is 13.3. The number of hydrogen-bond donors (Lipinski definition) is 0. The molecular weight excluding hydrogens is 219 g/mol. The third-order valence-corrected chi connectivity index (χ3v) is 4.04. The van der Waals surface area contributed by atoms with Gasteiger partial charge in [0.05, 0.1) is 13.2 Å². The normalized spacial score (nSPS) is 39.2. The number of ether oxygens (including phenoxy) is 2. The molecule has 1 aliphatic heterocycles. The Balaban J connectivity index is 1.68. The number of rotatable bonds is 4. The molecule has 3 heteroatoms. The third kappa shape index (κ3) is 3.92. The highest BCUT2D eigenvalue weighted by Crippen LogP contribution is 2.32. The Bertz CT molecular complexity index is 206. The van der Waals surface area contributed by atoms with Crippen LogP contribution < -0.4 is 0 Å². The van der Waals surface area contributed by atoms with Crippen LogP contribution in [-0.2, 0) is 9.47 Å². The molecule has 1 saturated carbocycles. The smallest absolute Gasteiger partial charge is 0.160 e. The SMILES string of the molecule is CCCCC1COC(C2CCC(F)CC2)OC1. The predicted molar refractivity (Wildman–Crippen MR) is 65.6 cm³/mol. The lowest BCUT2D eigenvalue weighted by Crippen LogP contribution is -2.38. The number of alkyl halides is 1. The molecule has 0 bridgehead atoms. The molecule has 2 fully saturated rings. The van der Waals surface area contributed by atoms with Gasteiger partial charge in [0.2, 0.25) is 0 Å². The number of halogens is 1. The molecule has 0 radical (unpaired) electrons. The Kier molecular flexibility index (Phi) is 5.23. The summed E-state index contributed by atoms with van der Waals surface area (Å²) in [4.78, 5) is 0. The minimum Gasteiger partial charge on any atom is -0.352 e. The van der Waals surface area contributed by atoms with Gasteiger partial charge in [0.1, 0.15) is 6.17 Å². The van der Waals surface area contributed by atoms with Crippen molar-refractivity contribution in [3.05, 3.63) is 0 Å². The van der Waals surface area contributed by atoms with Crippen molar-refractivity contribution in [2.24, 2.45) is 11.8 Å². The van der Waals surface area contributed by atoms with Crippen LogP contribution in [0.5, 0.6) is 0 Å². The van der Waals surface area contributed by atoms with Gasteiger partial charge in [0, 0.05) is 11.8 Å². The van der Waals surface area contributed by atoms with Gasteiger partial charge >= 0.3 is 0 Å². The van der Waals surface area contributed by atoms with E-state index in [9.17, 15) is 4.39 Å². The van der Waals surface area contributed by atoms with Gasteiger partial charge in [-0.25, -0.2) is 4.39 Å². The quantitative estimate of drug-likeness (QED) is 0.751. The first-order chi connectivity index (χ1) is 8.29. The molecule has 17 heavy (non-hydrogen) atoms. The second-order valence-corrected chi connectivity index (χ2v) is 5.56. The summed E-state index contributed by atoms with van der Waals surface area (Å²) >= 11 is 0. The van der Waals surface area contributed by atoms with Gasteiger partial charge in [-0.3, -0.25) is 0 Å². The lowest BCUT2D eigenvalue weighted by atomic mass is 9.87. The minimum atomic E-state index is -0.591. The topological polar surface area (TPSA) is 18.5 Å². The summed E-state index contributed by atoms with van der Waals surface area (Å²) in [6.07, 6.45) is 6.28. The fourth-order valence-corrected chi connectivity index (χ4v) is 2.84. The molecule has 2 nitrogen and oxygen atoms in total. The zero-order valence-electron chi connectivity index (χ0n) is 10.9. The van der Waals surface area contributed by atoms with Crippen LogP contribution in [0.4, 0.5) is 4.39 Å². The van der Waals surface area contributed by atoms with Crippen molar-refractivity contribution >= 4 is 0 Å². The highest BCUT2D eigenvalue weighted by atomic mass is 19.1. The zero-order valence-corrected chi connectivity index (χ0v) is 10.9. The molecule has 0 unspecified atom stereocenters. The Morgan fingerprint density at radius 3 is 2.29 bits per heavy atom. The summed E-state index contributed by atoms with van der Waals surface area (Å²) in [7, 11) is 0. The van der Waals surface area contributed by atoms with E-state index in [0.29, 0.717) is 24.7 Å². The summed E-state index contributed by atoms with van der Waals surface area (Å²) < 4.78 is 24.7. The monoisotopic (exact) mass is 244 g/mol. The van der Waals surface area contributed by atoms with Crippen LogP contribution in [0, 0.1) is 11.8 Å². The molecule has 0 atom stereocenters. The summed E-state index contributed by atoms with van der Waals surface area (Å²) in [5.41, 5.74) is 0. The molecule has 0 aromatic rings. The maximum Gasteiger partial charge on any atom is 0.160 e. The van der Waals surface area contributed by atoms with Crippen molar-refractivity contribution in [3.63, 3.8) is 0 Å². The molecule has 0 amide bonds. The standard InChI is InChI=1S/C14H25FO2/c1-2-3-4-11-9-16-14(17-10-11)12-5-7-13(15)8-6-12/h11-14H,2-10H2,1H3. The molecular formula is C14H25FO2. The van der Waals surface area contributed by atoms with Gasteiger partial charge < -0.3 is 9.47 Å². The van der Waals surface area contributed by atoms with E-state index in [1.807, 2.05) is 0 Å². The van der Waals surface area contributed by atoms with Crippen molar-refractivity contribution in [1.29, 1.82) is 0 Å². The van der Waals surface area contributed by atoms with E-state index in [1.54, 1.807) is 0 Å². The maximum atomic E-state index is 13.0. The second kappa shape index (κ2) is 6.69. The van der Waals surface area contributed by atoms with Gasteiger partial charge in [0.15, 0.2) is 6.29 Å². The fraction of sp³-hybridized carbons (Fsp3) is 1.00. The maximum absolute atomic E-state index is 13.0. The average molecular weight is 244 g/mol. The summed E-state index contributed by atoms with van der Waals surface area (Å²) in [6, 6.07) is 0.